The minimum atomic E-state index is 0.0152. The van der Waals surface area contributed by atoms with E-state index >= 15 is 0 Å². The van der Waals surface area contributed by atoms with Crippen molar-refractivity contribution in [1.29, 1.82) is 5.41 Å². The number of nitrogen functional groups attached to an aromatic ring is 1. The van der Waals surface area contributed by atoms with Crippen molar-refractivity contribution in [2.75, 3.05) is 0 Å². The molecule has 2 aromatic rings. The molecule has 0 aliphatic heterocycles. The Morgan fingerprint density at radius 3 is 2.68 bits per heavy atom. The second-order valence-electron chi connectivity index (χ2n) is 4.09. The SMILES string of the molecule is Cc1cc(C)c(C(=N)N)c(Sc2ccc(Cl)cn2)n1. The van der Waals surface area contributed by atoms with Gasteiger partial charge in [-0.05, 0) is 49.4 Å². The van der Waals surface area contributed by atoms with Crippen molar-refractivity contribution < 1.29 is 0 Å². The van der Waals surface area contributed by atoms with Crippen LogP contribution in [0.3, 0.4) is 0 Å². The minimum absolute atomic E-state index is 0.0152. The summed E-state index contributed by atoms with van der Waals surface area (Å²) < 4.78 is 0. The lowest BCUT2D eigenvalue weighted by molar-refractivity contribution is 1.02. The topological polar surface area (TPSA) is 75.7 Å². The number of nitrogens with two attached hydrogens (primary N) is 1. The molecule has 0 bridgehead atoms. The van der Waals surface area contributed by atoms with Crippen molar-refractivity contribution in [3.63, 3.8) is 0 Å². The number of halogens is 1. The monoisotopic (exact) mass is 292 g/mol. The highest BCUT2D eigenvalue weighted by Crippen LogP contribution is 2.29. The first kappa shape index (κ1) is 13.8. The largest absolute Gasteiger partial charge is 0.384 e. The van der Waals surface area contributed by atoms with Gasteiger partial charge in [-0.2, -0.15) is 0 Å². The molecule has 0 aliphatic carbocycles. The number of aryl methyl sites for hydroxylation is 2. The predicted octanol–water partition coefficient (Wildman–Crippen LogP) is 3.18. The van der Waals surface area contributed by atoms with Gasteiger partial charge < -0.3 is 5.73 Å². The maximum atomic E-state index is 7.67. The van der Waals surface area contributed by atoms with E-state index in [1.807, 2.05) is 26.0 Å². The van der Waals surface area contributed by atoms with Gasteiger partial charge in [0.05, 0.1) is 10.6 Å². The van der Waals surface area contributed by atoms with Crippen LogP contribution in [0.2, 0.25) is 5.02 Å². The van der Waals surface area contributed by atoms with Crippen LogP contribution in [0, 0.1) is 19.3 Å². The van der Waals surface area contributed by atoms with Crippen molar-refractivity contribution in [3.05, 3.63) is 46.2 Å². The fraction of sp³-hybridized carbons (Fsp3) is 0.154. The number of hydrogen-bond donors (Lipinski definition) is 2. The highest BCUT2D eigenvalue weighted by atomic mass is 35.5. The van der Waals surface area contributed by atoms with Crippen molar-refractivity contribution in [1.82, 2.24) is 9.97 Å². The van der Waals surface area contributed by atoms with Gasteiger partial charge in [-0.1, -0.05) is 11.6 Å². The lowest BCUT2D eigenvalue weighted by atomic mass is 10.1. The Hall–Kier alpha value is -1.59. The molecule has 2 heterocycles. The molecule has 3 N–H and O–H groups in total. The van der Waals surface area contributed by atoms with E-state index in [0.717, 1.165) is 16.3 Å². The van der Waals surface area contributed by atoms with Crippen LogP contribution in [0.1, 0.15) is 16.8 Å². The summed E-state index contributed by atoms with van der Waals surface area (Å²) in [6, 6.07) is 5.50. The first-order valence-electron chi connectivity index (χ1n) is 5.59. The molecule has 0 radical (unpaired) electrons. The molecular weight excluding hydrogens is 280 g/mol. The fourth-order valence-electron chi connectivity index (χ4n) is 1.73. The van der Waals surface area contributed by atoms with E-state index in [1.165, 1.54) is 11.8 Å². The first-order valence-corrected chi connectivity index (χ1v) is 6.79. The van der Waals surface area contributed by atoms with E-state index < -0.39 is 0 Å². The average molecular weight is 293 g/mol. The normalized spacial score (nSPS) is 10.5. The lowest BCUT2D eigenvalue weighted by Gasteiger charge is -2.11. The molecule has 0 spiro atoms. The molecule has 6 heteroatoms. The highest BCUT2D eigenvalue weighted by Gasteiger charge is 2.13. The van der Waals surface area contributed by atoms with Crippen molar-refractivity contribution in [2.24, 2.45) is 5.73 Å². The Labute approximate surface area is 120 Å². The summed E-state index contributed by atoms with van der Waals surface area (Å²) in [5, 5.41) is 9.72. The Kier molecular flexibility index (Phi) is 4.07. The number of rotatable bonds is 3. The van der Waals surface area contributed by atoms with E-state index in [4.69, 9.17) is 22.7 Å². The van der Waals surface area contributed by atoms with Crippen LogP contribution >= 0.6 is 23.4 Å². The molecule has 98 valence electrons. The van der Waals surface area contributed by atoms with Crippen LogP contribution in [0.25, 0.3) is 0 Å². The summed E-state index contributed by atoms with van der Waals surface area (Å²) in [6.07, 6.45) is 1.58. The molecule has 4 nitrogen and oxygen atoms in total. The van der Waals surface area contributed by atoms with Gasteiger partial charge in [-0.3, -0.25) is 5.41 Å². The molecule has 0 amide bonds. The molecule has 0 aliphatic rings. The van der Waals surface area contributed by atoms with Gasteiger partial charge in [0.25, 0.3) is 0 Å². The maximum absolute atomic E-state index is 7.67. The van der Waals surface area contributed by atoms with Crippen LogP contribution in [0.5, 0.6) is 0 Å². The molecular formula is C13H13ClN4S. The van der Waals surface area contributed by atoms with Gasteiger partial charge in [0.15, 0.2) is 0 Å². The molecule has 0 fully saturated rings. The zero-order chi connectivity index (χ0) is 14.0. The smallest absolute Gasteiger partial charge is 0.125 e. The van der Waals surface area contributed by atoms with E-state index in [1.54, 1.807) is 12.3 Å². The Balaban J connectivity index is 2.44. The van der Waals surface area contributed by atoms with Crippen LogP contribution in [0.4, 0.5) is 0 Å². The predicted molar refractivity (Wildman–Crippen MR) is 78.1 cm³/mol. The number of nitrogens with one attached hydrogen (secondary N) is 1. The molecule has 0 saturated heterocycles. The van der Waals surface area contributed by atoms with E-state index in [-0.39, 0.29) is 5.84 Å². The van der Waals surface area contributed by atoms with Gasteiger partial charge in [-0.25, -0.2) is 9.97 Å². The molecule has 19 heavy (non-hydrogen) atoms. The number of aromatic nitrogens is 2. The first-order chi connectivity index (χ1) is 8.97. The third-order valence-corrected chi connectivity index (χ3v) is 3.65. The standard InChI is InChI=1S/C13H13ClN4S/c1-7-5-8(2)18-13(11(7)12(15)16)19-10-4-3-9(14)6-17-10/h3-6H,1-2H3,(H3,15,16). The van der Waals surface area contributed by atoms with Gasteiger partial charge in [0.2, 0.25) is 0 Å². The Morgan fingerprint density at radius 2 is 2.11 bits per heavy atom. The zero-order valence-electron chi connectivity index (χ0n) is 10.6. The molecule has 2 aromatic heterocycles. The highest BCUT2D eigenvalue weighted by molar-refractivity contribution is 7.99. The van der Waals surface area contributed by atoms with Crippen molar-refractivity contribution in [3.8, 4) is 0 Å². The van der Waals surface area contributed by atoms with Gasteiger partial charge >= 0.3 is 0 Å². The summed E-state index contributed by atoms with van der Waals surface area (Å²) >= 11 is 7.18. The third-order valence-electron chi connectivity index (χ3n) is 2.48. The van der Waals surface area contributed by atoms with E-state index in [9.17, 15) is 0 Å². The van der Waals surface area contributed by atoms with Gasteiger partial charge in [0, 0.05) is 11.9 Å². The van der Waals surface area contributed by atoms with E-state index in [2.05, 4.69) is 9.97 Å². The zero-order valence-corrected chi connectivity index (χ0v) is 12.1. The summed E-state index contributed by atoms with van der Waals surface area (Å²) in [7, 11) is 0. The Bertz CT molecular complexity index is 625. The number of hydrogen-bond acceptors (Lipinski definition) is 4. The second-order valence-corrected chi connectivity index (χ2v) is 5.54. The van der Waals surface area contributed by atoms with Gasteiger partial charge in [0.1, 0.15) is 15.9 Å². The number of pyridine rings is 2. The van der Waals surface area contributed by atoms with Crippen LogP contribution in [-0.2, 0) is 0 Å². The van der Waals surface area contributed by atoms with Crippen LogP contribution < -0.4 is 5.73 Å². The summed E-state index contributed by atoms with van der Waals surface area (Å²) in [5.41, 5.74) is 8.12. The summed E-state index contributed by atoms with van der Waals surface area (Å²) in [6.45, 7) is 3.83. The molecule has 0 aromatic carbocycles. The molecule has 0 atom stereocenters. The summed E-state index contributed by atoms with van der Waals surface area (Å²) in [4.78, 5) is 8.66. The summed E-state index contributed by atoms with van der Waals surface area (Å²) in [5.74, 6) is 0.0152. The quantitative estimate of drug-likeness (QED) is 0.673. The second kappa shape index (κ2) is 5.59. The third kappa shape index (κ3) is 3.24. The molecule has 0 unspecified atom stereocenters. The minimum Gasteiger partial charge on any atom is -0.384 e. The van der Waals surface area contributed by atoms with Gasteiger partial charge in [-0.15, -0.1) is 0 Å². The van der Waals surface area contributed by atoms with E-state index in [0.29, 0.717) is 15.6 Å². The van der Waals surface area contributed by atoms with Crippen LogP contribution in [-0.4, -0.2) is 15.8 Å². The van der Waals surface area contributed by atoms with Crippen molar-refractivity contribution in [2.45, 2.75) is 23.9 Å². The number of nitrogens with zero attached hydrogens (tertiary/aromatic N) is 2. The average Bonchev–Trinajstić information content (AvgIpc) is 2.30. The Morgan fingerprint density at radius 1 is 1.37 bits per heavy atom. The molecule has 2 rings (SSSR count). The number of amidine groups is 1. The van der Waals surface area contributed by atoms with Crippen molar-refractivity contribution >= 4 is 29.2 Å². The fourth-order valence-corrected chi connectivity index (χ4v) is 2.84. The molecule has 0 saturated carbocycles. The lowest BCUT2D eigenvalue weighted by Crippen LogP contribution is -2.15. The maximum Gasteiger partial charge on any atom is 0.125 e. The van der Waals surface area contributed by atoms with Crippen LogP contribution in [0.15, 0.2) is 34.4 Å².